The maximum Gasteiger partial charge on any atom is 0.257 e. The molecule has 8 heteroatoms. The van der Waals surface area contributed by atoms with Crippen LogP contribution in [0.3, 0.4) is 0 Å². The molecule has 134 valence electrons. The normalized spacial score (nSPS) is 18.3. The van der Waals surface area contributed by atoms with Gasteiger partial charge in [0, 0.05) is 24.6 Å². The number of nitrogens with zero attached hydrogens (tertiary/aromatic N) is 3. The van der Waals surface area contributed by atoms with Crippen molar-refractivity contribution in [2.75, 3.05) is 13.1 Å². The van der Waals surface area contributed by atoms with Crippen molar-refractivity contribution < 1.29 is 17.3 Å². The molecule has 0 bridgehead atoms. The number of halogens is 1. The molecule has 0 spiro atoms. The van der Waals surface area contributed by atoms with E-state index in [1.807, 2.05) is 30.3 Å². The number of hydrogen-bond acceptors (Lipinski definition) is 5. The summed E-state index contributed by atoms with van der Waals surface area (Å²) in [7, 11) is -3.88. The Bertz CT molecular complexity index is 1020. The van der Waals surface area contributed by atoms with Crippen LogP contribution in [0.25, 0.3) is 11.5 Å². The van der Waals surface area contributed by atoms with E-state index in [4.69, 9.17) is 4.52 Å². The highest BCUT2D eigenvalue weighted by atomic mass is 32.2. The molecule has 6 nitrogen and oxygen atoms in total. The van der Waals surface area contributed by atoms with E-state index in [0.29, 0.717) is 18.1 Å². The van der Waals surface area contributed by atoms with Crippen molar-refractivity contribution in [1.82, 2.24) is 14.4 Å². The molecule has 1 fully saturated rings. The summed E-state index contributed by atoms with van der Waals surface area (Å²) in [6.45, 7) is 0.487. The summed E-state index contributed by atoms with van der Waals surface area (Å²) in [4.78, 5) is 4.09. The molecule has 1 aliphatic heterocycles. The van der Waals surface area contributed by atoms with E-state index < -0.39 is 15.8 Å². The van der Waals surface area contributed by atoms with Gasteiger partial charge in [0.25, 0.3) is 5.89 Å². The molecule has 0 saturated carbocycles. The lowest BCUT2D eigenvalue weighted by Crippen LogP contribution is -2.29. The van der Waals surface area contributed by atoms with Gasteiger partial charge in [-0.25, -0.2) is 12.8 Å². The molecule has 0 radical (unpaired) electrons. The Morgan fingerprint density at radius 1 is 1.08 bits per heavy atom. The highest BCUT2D eigenvalue weighted by Gasteiger charge is 2.36. The third kappa shape index (κ3) is 3.02. The fraction of sp³-hybridized carbons (Fsp3) is 0.222. The van der Waals surface area contributed by atoms with Crippen LogP contribution in [0.2, 0.25) is 0 Å². The monoisotopic (exact) mass is 373 g/mol. The van der Waals surface area contributed by atoms with Gasteiger partial charge in [-0.3, -0.25) is 0 Å². The van der Waals surface area contributed by atoms with Gasteiger partial charge in [-0.15, -0.1) is 0 Å². The lowest BCUT2D eigenvalue weighted by atomic mass is 10.1. The van der Waals surface area contributed by atoms with Gasteiger partial charge in [-0.1, -0.05) is 35.5 Å². The van der Waals surface area contributed by atoms with Crippen molar-refractivity contribution in [2.45, 2.75) is 17.2 Å². The number of aromatic nitrogens is 2. The van der Waals surface area contributed by atoms with Gasteiger partial charge < -0.3 is 4.52 Å². The standard InChI is InChI=1S/C18H16FN3O3S/c19-15-8-4-5-9-16(15)26(23,24)22-11-10-14(12-22)17-20-18(25-21-17)13-6-2-1-3-7-13/h1-9,14H,10-12H2/t14-/m1/s1. The summed E-state index contributed by atoms with van der Waals surface area (Å²) in [5, 5.41) is 4.00. The molecular weight excluding hydrogens is 357 g/mol. The number of rotatable bonds is 4. The van der Waals surface area contributed by atoms with Gasteiger partial charge in [-0.05, 0) is 30.7 Å². The minimum absolute atomic E-state index is 0.183. The predicted molar refractivity (Wildman–Crippen MR) is 92.3 cm³/mol. The largest absolute Gasteiger partial charge is 0.334 e. The first-order valence-electron chi connectivity index (χ1n) is 8.19. The average Bonchev–Trinajstić information content (AvgIpc) is 3.32. The third-order valence-electron chi connectivity index (χ3n) is 4.43. The zero-order chi connectivity index (χ0) is 18.1. The Morgan fingerprint density at radius 2 is 1.81 bits per heavy atom. The zero-order valence-corrected chi connectivity index (χ0v) is 14.6. The van der Waals surface area contributed by atoms with Gasteiger partial charge in [0.1, 0.15) is 10.7 Å². The van der Waals surface area contributed by atoms with Crippen molar-refractivity contribution in [3.8, 4) is 11.5 Å². The van der Waals surface area contributed by atoms with Crippen LogP contribution < -0.4 is 0 Å². The van der Waals surface area contributed by atoms with Crippen LogP contribution in [0.15, 0.2) is 64.0 Å². The van der Waals surface area contributed by atoms with E-state index in [-0.39, 0.29) is 23.9 Å². The number of hydrogen-bond donors (Lipinski definition) is 0. The second-order valence-corrected chi connectivity index (χ2v) is 8.01. The molecule has 1 atom stereocenters. The number of benzene rings is 2. The molecule has 4 rings (SSSR count). The van der Waals surface area contributed by atoms with E-state index in [2.05, 4.69) is 10.1 Å². The SMILES string of the molecule is O=S(=O)(c1ccccc1F)N1CC[C@@H](c2noc(-c3ccccc3)n2)C1. The quantitative estimate of drug-likeness (QED) is 0.703. The second-order valence-electron chi connectivity index (χ2n) is 6.10. The van der Waals surface area contributed by atoms with Crippen molar-refractivity contribution in [3.63, 3.8) is 0 Å². The summed E-state index contributed by atoms with van der Waals surface area (Å²) in [6.07, 6.45) is 0.557. The van der Waals surface area contributed by atoms with Crippen LogP contribution in [0, 0.1) is 5.82 Å². The summed E-state index contributed by atoms with van der Waals surface area (Å²) >= 11 is 0. The Kier molecular flexibility index (Phi) is 4.29. The maximum absolute atomic E-state index is 13.9. The van der Waals surface area contributed by atoms with Crippen LogP contribution in [0.5, 0.6) is 0 Å². The summed E-state index contributed by atoms with van der Waals surface area (Å²) < 4.78 is 45.8. The zero-order valence-electron chi connectivity index (χ0n) is 13.7. The summed E-state index contributed by atoms with van der Waals surface area (Å²) in [6, 6.07) is 14.8. The van der Waals surface area contributed by atoms with Gasteiger partial charge >= 0.3 is 0 Å². The molecule has 0 N–H and O–H groups in total. The first-order chi connectivity index (χ1) is 12.6. The van der Waals surface area contributed by atoms with Gasteiger partial charge in [-0.2, -0.15) is 9.29 Å². The van der Waals surface area contributed by atoms with Crippen LogP contribution in [0.1, 0.15) is 18.2 Å². The molecule has 1 aliphatic rings. The molecule has 1 aromatic heterocycles. The Hall–Kier alpha value is -2.58. The lowest BCUT2D eigenvalue weighted by molar-refractivity contribution is 0.414. The van der Waals surface area contributed by atoms with Crippen molar-refractivity contribution in [1.29, 1.82) is 0 Å². The highest BCUT2D eigenvalue weighted by Crippen LogP contribution is 2.31. The van der Waals surface area contributed by atoms with Gasteiger partial charge in [0.05, 0.1) is 0 Å². The molecule has 3 aromatic rings. The smallest absolute Gasteiger partial charge is 0.257 e. The predicted octanol–water partition coefficient (Wildman–Crippen LogP) is 3.05. The Morgan fingerprint density at radius 3 is 2.58 bits per heavy atom. The number of sulfonamides is 1. The van der Waals surface area contributed by atoms with E-state index in [1.54, 1.807) is 0 Å². The van der Waals surface area contributed by atoms with Gasteiger partial charge in [0.15, 0.2) is 5.82 Å². The van der Waals surface area contributed by atoms with Crippen LogP contribution in [-0.2, 0) is 10.0 Å². The molecule has 2 aromatic carbocycles. The van der Waals surface area contributed by atoms with Crippen LogP contribution >= 0.6 is 0 Å². The van der Waals surface area contributed by atoms with Crippen LogP contribution in [0.4, 0.5) is 4.39 Å². The molecule has 0 aliphatic carbocycles. The van der Waals surface area contributed by atoms with Crippen molar-refractivity contribution in [2.24, 2.45) is 0 Å². The summed E-state index contributed by atoms with van der Waals surface area (Å²) in [5.74, 6) is -0.0641. The Labute approximate surface area is 150 Å². The van der Waals surface area contributed by atoms with E-state index >= 15 is 0 Å². The Balaban J connectivity index is 1.54. The minimum Gasteiger partial charge on any atom is -0.334 e. The van der Waals surface area contributed by atoms with Crippen molar-refractivity contribution >= 4 is 10.0 Å². The molecule has 2 heterocycles. The molecular formula is C18H16FN3O3S. The topological polar surface area (TPSA) is 76.3 Å². The highest BCUT2D eigenvalue weighted by molar-refractivity contribution is 7.89. The van der Waals surface area contributed by atoms with Gasteiger partial charge in [0.2, 0.25) is 10.0 Å². The molecule has 26 heavy (non-hydrogen) atoms. The fourth-order valence-electron chi connectivity index (χ4n) is 3.05. The first kappa shape index (κ1) is 16.9. The molecule has 0 amide bonds. The fourth-order valence-corrected chi connectivity index (χ4v) is 4.61. The van der Waals surface area contributed by atoms with Crippen LogP contribution in [-0.4, -0.2) is 36.0 Å². The average molecular weight is 373 g/mol. The second kappa shape index (κ2) is 6.62. The van der Waals surface area contributed by atoms with Crippen molar-refractivity contribution in [3.05, 3.63) is 66.2 Å². The van der Waals surface area contributed by atoms with E-state index in [9.17, 15) is 12.8 Å². The minimum atomic E-state index is -3.88. The van der Waals surface area contributed by atoms with E-state index in [0.717, 1.165) is 11.6 Å². The molecule has 0 unspecified atom stereocenters. The molecule has 1 saturated heterocycles. The third-order valence-corrected chi connectivity index (χ3v) is 6.33. The first-order valence-corrected chi connectivity index (χ1v) is 9.63. The maximum atomic E-state index is 13.9. The lowest BCUT2D eigenvalue weighted by Gasteiger charge is -2.16. The summed E-state index contributed by atoms with van der Waals surface area (Å²) in [5.41, 5.74) is 0.806. The van der Waals surface area contributed by atoms with E-state index in [1.165, 1.54) is 22.5 Å².